The molecule has 0 amide bonds. The van der Waals surface area contributed by atoms with E-state index in [1.807, 2.05) is 13.1 Å². The van der Waals surface area contributed by atoms with Gasteiger partial charge in [0, 0.05) is 26.2 Å². The number of hydrogen-bond acceptors (Lipinski definition) is 5. The van der Waals surface area contributed by atoms with E-state index in [4.69, 9.17) is 4.74 Å². The molecule has 1 atom stereocenters. The first-order chi connectivity index (χ1) is 8.78. The van der Waals surface area contributed by atoms with E-state index in [1.165, 1.54) is 12.8 Å². The molecule has 1 aromatic heterocycles. The van der Waals surface area contributed by atoms with E-state index >= 15 is 0 Å². The van der Waals surface area contributed by atoms with Gasteiger partial charge in [-0.05, 0) is 26.8 Å². The van der Waals surface area contributed by atoms with Gasteiger partial charge in [0.05, 0.1) is 24.2 Å². The van der Waals surface area contributed by atoms with Gasteiger partial charge in [-0.2, -0.15) is 0 Å². The van der Waals surface area contributed by atoms with Crippen LogP contribution in [0.3, 0.4) is 0 Å². The molecular weight excluding hydrogens is 228 g/mol. The SMILES string of the molecule is CCNc1cnc(CN(C)CC2CCCO2)cn1. The molecule has 2 rings (SSSR count). The maximum absolute atomic E-state index is 5.62. The summed E-state index contributed by atoms with van der Waals surface area (Å²) in [6.07, 6.45) is 6.39. The monoisotopic (exact) mass is 250 g/mol. The van der Waals surface area contributed by atoms with Crippen LogP contribution in [0.4, 0.5) is 5.82 Å². The predicted octanol–water partition coefficient (Wildman–Crippen LogP) is 1.52. The zero-order chi connectivity index (χ0) is 12.8. The van der Waals surface area contributed by atoms with Crippen LogP contribution in [0.5, 0.6) is 0 Å². The lowest BCUT2D eigenvalue weighted by Gasteiger charge is -2.19. The van der Waals surface area contributed by atoms with E-state index < -0.39 is 0 Å². The minimum absolute atomic E-state index is 0.393. The average molecular weight is 250 g/mol. The van der Waals surface area contributed by atoms with Gasteiger partial charge in [0.2, 0.25) is 0 Å². The molecule has 0 saturated carbocycles. The Bertz CT molecular complexity index is 349. The third-order valence-electron chi connectivity index (χ3n) is 3.03. The Kier molecular flexibility index (Phi) is 4.90. The van der Waals surface area contributed by atoms with Crippen molar-refractivity contribution in [3.63, 3.8) is 0 Å². The highest BCUT2D eigenvalue weighted by atomic mass is 16.5. The summed E-state index contributed by atoms with van der Waals surface area (Å²) in [5.74, 6) is 0.836. The normalized spacial score (nSPS) is 19.4. The molecule has 1 N–H and O–H groups in total. The summed E-state index contributed by atoms with van der Waals surface area (Å²) in [5, 5.41) is 3.14. The Labute approximate surface area is 109 Å². The Balaban J connectivity index is 1.80. The molecule has 0 aliphatic carbocycles. The third-order valence-corrected chi connectivity index (χ3v) is 3.03. The van der Waals surface area contributed by atoms with Crippen LogP contribution in [0, 0.1) is 0 Å². The largest absolute Gasteiger partial charge is 0.377 e. The van der Waals surface area contributed by atoms with Crippen LogP contribution in [0.25, 0.3) is 0 Å². The highest BCUT2D eigenvalue weighted by Gasteiger charge is 2.17. The van der Waals surface area contributed by atoms with E-state index in [-0.39, 0.29) is 0 Å². The van der Waals surface area contributed by atoms with Crippen molar-refractivity contribution >= 4 is 5.82 Å². The fourth-order valence-corrected chi connectivity index (χ4v) is 2.19. The minimum atomic E-state index is 0.393. The first-order valence-corrected chi connectivity index (χ1v) is 6.63. The molecule has 18 heavy (non-hydrogen) atoms. The van der Waals surface area contributed by atoms with E-state index in [0.29, 0.717) is 6.10 Å². The lowest BCUT2D eigenvalue weighted by atomic mass is 10.2. The van der Waals surface area contributed by atoms with E-state index in [1.54, 1.807) is 6.20 Å². The number of rotatable bonds is 6. The van der Waals surface area contributed by atoms with Crippen LogP contribution in [0.1, 0.15) is 25.5 Å². The van der Waals surface area contributed by atoms with Crippen molar-refractivity contribution in [3.8, 4) is 0 Å². The first kappa shape index (κ1) is 13.2. The molecule has 0 spiro atoms. The Morgan fingerprint density at radius 3 is 2.94 bits per heavy atom. The maximum Gasteiger partial charge on any atom is 0.144 e. The van der Waals surface area contributed by atoms with Gasteiger partial charge in [-0.3, -0.25) is 9.88 Å². The van der Waals surface area contributed by atoms with Gasteiger partial charge in [0.1, 0.15) is 5.82 Å². The highest BCUT2D eigenvalue weighted by molar-refractivity contribution is 5.30. The minimum Gasteiger partial charge on any atom is -0.377 e. The summed E-state index contributed by atoms with van der Waals surface area (Å²) in [6.45, 7) is 5.61. The average Bonchev–Trinajstić information content (AvgIpc) is 2.84. The molecule has 1 aliphatic rings. The second-order valence-electron chi connectivity index (χ2n) is 4.76. The lowest BCUT2D eigenvalue weighted by molar-refractivity contribution is 0.0789. The lowest BCUT2D eigenvalue weighted by Crippen LogP contribution is -2.28. The van der Waals surface area contributed by atoms with E-state index in [9.17, 15) is 0 Å². The third kappa shape index (κ3) is 3.92. The van der Waals surface area contributed by atoms with Gasteiger partial charge < -0.3 is 10.1 Å². The van der Waals surface area contributed by atoms with Crippen molar-refractivity contribution in [1.29, 1.82) is 0 Å². The standard InChI is InChI=1S/C13H22N4O/c1-3-14-13-8-15-11(7-16-13)9-17(2)10-12-5-4-6-18-12/h7-8,12H,3-6,9-10H2,1-2H3,(H,14,16). The molecule has 1 fully saturated rings. The van der Waals surface area contributed by atoms with Gasteiger partial charge in [0.25, 0.3) is 0 Å². The second kappa shape index (κ2) is 6.66. The van der Waals surface area contributed by atoms with E-state index in [0.717, 1.165) is 37.8 Å². The van der Waals surface area contributed by atoms with E-state index in [2.05, 4.69) is 27.2 Å². The zero-order valence-electron chi connectivity index (χ0n) is 11.2. The van der Waals surface area contributed by atoms with Crippen LogP contribution < -0.4 is 5.32 Å². The van der Waals surface area contributed by atoms with Gasteiger partial charge in [-0.15, -0.1) is 0 Å². The topological polar surface area (TPSA) is 50.3 Å². The molecular formula is C13H22N4O. The van der Waals surface area contributed by atoms with Gasteiger partial charge in [-0.1, -0.05) is 0 Å². The van der Waals surface area contributed by atoms with Crippen LogP contribution in [0.15, 0.2) is 12.4 Å². The molecule has 1 aromatic rings. The summed E-state index contributed by atoms with van der Waals surface area (Å²) in [4.78, 5) is 11.0. The summed E-state index contributed by atoms with van der Waals surface area (Å²) < 4.78 is 5.62. The summed E-state index contributed by atoms with van der Waals surface area (Å²) >= 11 is 0. The van der Waals surface area contributed by atoms with Crippen LogP contribution in [-0.4, -0.2) is 47.7 Å². The van der Waals surface area contributed by atoms with Crippen LogP contribution in [-0.2, 0) is 11.3 Å². The first-order valence-electron chi connectivity index (χ1n) is 6.63. The molecule has 0 aromatic carbocycles. The molecule has 100 valence electrons. The fraction of sp³-hybridized carbons (Fsp3) is 0.692. The summed E-state index contributed by atoms with van der Waals surface area (Å²) in [6, 6.07) is 0. The molecule has 1 unspecified atom stereocenters. The number of aromatic nitrogens is 2. The number of nitrogens with zero attached hydrogens (tertiary/aromatic N) is 3. The van der Waals surface area contributed by atoms with Gasteiger partial charge in [-0.25, -0.2) is 4.98 Å². The number of anilines is 1. The van der Waals surface area contributed by atoms with Crippen molar-refractivity contribution in [2.24, 2.45) is 0 Å². The van der Waals surface area contributed by atoms with Crippen molar-refractivity contribution in [3.05, 3.63) is 18.1 Å². The second-order valence-corrected chi connectivity index (χ2v) is 4.76. The van der Waals surface area contributed by atoms with Crippen molar-refractivity contribution < 1.29 is 4.74 Å². The molecule has 1 saturated heterocycles. The van der Waals surface area contributed by atoms with Crippen LogP contribution in [0.2, 0.25) is 0 Å². The molecule has 5 nitrogen and oxygen atoms in total. The zero-order valence-corrected chi connectivity index (χ0v) is 11.2. The Hall–Kier alpha value is -1.20. The molecule has 2 heterocycles. The summed E-state index contributed by atoms with van der Waals surface area (Å²) in [7, 11) is 2.10. The van der Waals surface area contributed by atoms with Crippen LogP contribution >= 0.6 is 0 Å². The fourth-order valence-electron chi connectivity index (χ4n) is 2.19. The number of likely N-dealkylation sites (N-methyl/N-ethyl adjacent to an activating group) is 1. The Morgan fingerprint density at radius 2 is 2.33 bits per heavy atom. The summed E-state index contributed by atoms with van der Waals surface area (Å²) in [5.41, 5.74) is 0.997. The highest BCUT2D eigenvalue weighted by Crippen LogP contribution is 2.13. The number of nitrogens with one attached hydrogen (secondary N) is 1. The predicted molar refractivity (Wildman–Crippen MR) is 71.5 cm³/mol. The quantitative estimate of drug-likeness (QED) is 0.829. The van der Waals surface area contributed by atoms with Gasteiger partial charge in [0.15, 0.2) is 0 Å². The molecule has 1 aliphatic heterocycles. The molecule has 0 bridgehead atoms. The maximum atomic E-state index is 5.62. The molecule has 5 heteroatoms. The van der Waals surface area contributed by atoms with Crippen molar-refractivity contribution in [1.82, 2.24) is 14.9 Å². The van der Waals surface area contributed by atoms with Gasteiger partial charge >= 0.3 is 0 Å². The van der Waals surface area contributed by atoms with Crippen molar-refractivity contribution in [2.75, 3.05) is 32.1 Å². The number of hydrogen-bond donors (Lipinski definition) is 1. The van der Waals surface area contributed by atoms with Crippen molar-refractivity contribution in [2.45, 2.75) is 32.4 Å². The smallest absolute Gasteiger partial charge is 0.144 e. The number of ether oxygens (including phenoxy) is 1. The Morgan fingerprint density at radius 1 is 1.44 bits per heavy atom. The molecule has 0 radical (unpaired) electrons.